The lowest BCUT2D eigenvalue weighted by atomic mass is 9.75. The molecule has 0 aromatic carbocycles. The molecule has 4 nitrogen and oxygen atoms in total. The molecule has 0 aromatic heterocycles. The average molecular weight is 269 g/mol. The van der Waals surface area contributed by atoms with E-state index in [9.17, 15) is 0 Å². The molecule has 112 valence electrons. The fourth-order valence-electron chi connectivity index (χ4n) is 3.58. The van der Waals surface area contributed by atoms with Gasteiger partial charge in [0.15, 0.2) is 0 Å². The topological polar surface area (TPSA) is 27.7 Å². The van der Waals surface area contributed by atoms with Crippen molar-refractivity contribution in [1.29, 1.82) is 0 Å². The lowest BCUT2D eigenvalue weighted by molar-refractivity contribution is 0.0238. The monoisotopic (exact) mass is 269 g/mol. The molecule has 0 aromatic rings. The minimum Gasteiger partial charge on any atom is -0.381 e. The van der Waals surface area contributed by atoms with Crippen LogP contribution >= 0.6 is 0 Å². The minimum atomic E-state index is 0.430. The molecule has 2 rings (SSSR count). The fourth-order valence-corrected chi connectivity index (χ4v) is 3.58. The minimum absolute atomic E-state index is 0.430. The van der Waals surface area contributed by atoms with Crippen LogP contribution in [-0.4, -0.2) is 75.9 Å². The Balaban J connectivity index is 1.83. The van der Waals surface area contributed by atoms with Gasteiger partial charge in [-0.1, -0.05) is 0 Å². The summed E-state index contributed by atoms with van der Waals surface area (Å²) in [6, 6.07) is 0.562. The van der Waals surface area contributed by atoms with Crippen molar-refractivity contribution < 1.29 is 4.74 Å². The van der Waals surface area contributed by atoms with Gasteiger partial charge in [0.25, 0.3) is 0 Å². The molecule has 1 aliphatic heterocycles. The third-order valence-electron chi connectivity index (χ3n) is 5.21. The number of likely N-dealkylation sites (N-methyl/N-ethyl adjacent to an activating group) is 3. The highest BCUT2D eigenvalue weighted by atomic mass is 16.5. The quantitative estimate of drug-likeness (QED) is 0.747. The summed E-state index contributed by atoms with van der Waals surface area (Å²) in [6.07, 6.45) is 5.29. The third-order valence-corrected chi connectivity index (χ3v) is 5.21. The Kier molecular flexibility index (Phi) is 5.23. The van der Waals surface area contributed by atoms with E-state index in [1.54, 1.807) is 0 Å². The van der Waals surface area contributed by atoms with Crippen LogP contribution in [0.5, 0.6) is 0 Å². The fraction of sp³-hybridized carbons (Fsp3) is 1.00. The van der Waals surface area contributed by atoms with E-state index in [0.29, 0.717) is 17.5 Å². The van der Waals surface area contributed by atoms with Gasteiger partial charge in [0.05, 0.1) is 6.61 Å². The molecule has 1 aliphatic carbocycles. The maximum atomic E-state index is 5.53. The van der Waals surface area contributed by atoms with E-state index in [1.807, 2.05) is 0 Å². The van der Waals surface area contributed by atoms with Crippen LogP contribution in [0.1, 0.15) is 25.7 Å². The van der Waals surface area contributed by atoms with Crippen LogP contribution in [0.3, 0.4) is 0 Å². The standard InChI is InChI=1S/C15H31N3O/c1-16-14(13-6-9-19-11-13)10-18(4)12-15(17(2)3)7-5-8-15/h13-14,16H,5-12H2,1-4H3. The Labute approximate surface area is 118 Å². The molecule has 4 heteroatoms. The third kappa shape index (κ3) is 3.48. The zero-order chi connectivity index (χ0) is 13.9. The molecule has 2 unspecified atom stereocenters. The van der Waals surface area contributed by atoms with Crippen LogP contribution in [-0.2, 0) is 4.74 Å². The normalized spacial score (nSPS) is 27.8. The predicted octanol–water partition coefficient (Wildman–Crippen LogP) is 1.03. The Hall–Kier alpha value is -0.160. The highest BCUT2D eigenvalue weighted by molar-refractivity contribution is 4.98. The van der Waals surface area contributed by atoms with Gasteiger partial charge in [-0.15, -0.1) is 0 Å². The van der Waals surface area contributed by atoms with Gasteiger partial charge in [0.1, 0.15) is 0 Å². The maximum Gasteiger partial charge on any atom is 0.0510 e. The first-order valence-corrected chi connectivity index (χ1v) is 7.68. The summed E-state index contributed by atoms with van der Waals surface area (Å²) in [5, 5.41) is 3.49. The van der Waals surface area contributed by atoms with Gasteiger partial charge in [-0.3, -0.25) is 0 Å². The maximum absolute atomic E-state index is 5.53. The van der Waals surface area contributed by atoms with E-state index >= 15 is 0 Å². The van der Waals surface area contributed by atoms with E-state index < -0.39 is 0 Å². The summed E-state index contributed by atoms with van der Waals surface area (Å²) in [7, 11) is 8.81. The number of ether oxygens (including phenoxy) is 1. The largest absolute Gasteiger partial charge is 0.381 e. The van der Waals surface area contributed by atoms with Gasteiger partial charge in [-0.25, -0.2) is 0 Å². The zero-order valence-electron chi connectivity index (χ0n) is 13.1. The van der Waals surface area contributed by atoms with Gasteiger partial charge in [-0.05, 0) is 53.9 Å². The smallest absolute Gasteiger partial charge is 0.0510 e. The lowest BCUT2D eigenvalue weighted by Gasteiger charge is -2.49. The van der Waals surface area contributed by atoms with E-state index in [0.717, 1.165) is 19.8 Å². The van der Waals surface area contributed by atoms with Gasteiger partial charge in [0, 0.05) is 37.2 Å². The van der Waals surface area contributed by atoms with Crippen LogP contribution in [0.4, 0.5) is 0 Å². The van der Waals surface area contributed by atoms with E-state index in [2.05, 4.69) is 43.3 Å². The van der Waals surface area contributed by atoms with Crippen LogP contribution in [0, 0.1) is 5.92 Å². The van der Waals surface area contributed by atoms with Crippen molar-refractivity contribution in [3.63, 3.8) is 0 Å². The van der Waals surface area contributed by atoms with Crippen molar-refractivity contribution in [3.8, 4) is 0 Å². The highest BCUT2D eigenvalue weighted by Crippen LogP contribution is 2.36. The first-order chi connectivity index (χ1) is 9.07. The first-order valence-electron chi connectivity index (χ1n) is 7.68. The summed E-state index contributed by atoms with van der Waals surface area (Å²) in [6.45, 7) is 4.18. The molecule has 0 amide bonds. The van der Waals surface area contributed by atoms with Crippen molar-refractivity contribution in [1.82, 2.24) is 15.1 Å². The van der Waals surface area contributed by atoms with Crippen LogP contribution in [0.15, 0.2) is 0 Å². The summed E-state index contributed by atoms with van der Waals surface area (Å²) in [5.74, 6) is 0.684. The van der Waals surface area contributed by atoms with Crippen molar-refractivity contribution >= 4 is 0 Å². The van der Waals surface area contributed by atoms with E-state index in [4.69, 9.17) is 4.74 Å². The number of nitrogens with one attached hydrogen (secondary N) is 1. The van der Waals surface area contributed by atoms with Gasteiger partial charge >= 0.3 is 0 Å². The molecule has 2 atom stereocenters. The molecular formula is C15H31N3O. The predicted molar refractivity (Wildman–Crippen MR) is 79.5 cm³/mol. The first kappa shape index (κ1) is 15.2. The van der Waals surface area contributed by atoms with Gasteiger partial charge in [-0.2, -0.15) is 0 Å². The summed E-state index contributed by atoms with van der Waals surface area (Å²) >= 11 is 0. The lowest BCUT2D eigenvalue weighted by Crippen LogP contribution is -2.58. The molecule has 1 saturated carbocycles. The zero-order valence-corrected chi connectivity index (χ0v) is 13.1. The Morgan fingerprint density at radius 2 is 2.05 bits per heavy atom. The Morgan fingerprint density at radius 3 is 2.47 bits per heavy atom. The number of nitrogens with zero attached hydrogens (tertiary/aromatic N) is 2. The Morgan fingerprint density at radius 1 is 1.32 bits per heavy atom. The summed E-state index contributed by atoms with van der Waals surface area (Å²) in [4.78, 5) is 4.94. The molecular weight excluding hydrogens is 238 g/mol. The van der Waals surface area contributed by atoms with E-state index in [-0.39, 0.29) is 0 Å². The second-order valence-corrected chi connectivity index (χ2v) is 6.69. The average Bonchev–Trinajstić information content (AvgIpc) is 2.83. The van der Waals surface area contributed by atoms with Crippen LogP contribution in [0.2, 0.25) is 0 Å². The van der Waals surface area contributed by atoms with Crippen LogP contribution < -0.4 is 5.32 Å². The van der Waals surface area contributed by atoms with Crippen molar-refractivity contribution in [2.24, 2.45) is 5.92 Å². The van der Waals surface area contributed by atoms with Crippen molar-refractivity contribution in [2.45, 2.75) is 37.3 Å². The molecule has 1 heterocycles. The van der Waals surface area contributed by atoms with Crippen molar-refractivity contribution in [3.05, 3.63) is 0 Å². The molecule has 2 aliphatic rings. The number of hydrogen-bond donors (Lipinski definition) is 1. The molecule has 1 N–H and O–H groups in total. The SMILES string of the molecule is CNC(CN(C)CC1(N(C)C)CCC1)C1CCOC1. The molecule has 0 bridgehead atoms. The molecule has 2 fully saturated rings. The van der Waals surface area contributed by atoms with E-state index in [1.165, 1.54) is 32.2 Å². The molecule has 1 saturated heterocycles. The highest BCUT2D eigenvalue weighted by Gasteiger charge is 2.40. The van der Waals surface area contributed by atoms with Crippen LogP contribution in [0.25, 0.3) is 0 Å². The second kappa shape index (κ2) is 6.53. The number of rotatable bonds is 7. The summed E-state index contributed by atoms with van der Waals surface area (Å²) < 4.78 is 5.53. The molecule has 0 spiro atoms. The van der Waals surface area contributed by atoms with Crippen molar-refractivity contribution in [2.75, 3.05) is 54.5 Å². The molecule has 0 radical (unpaired) electrons. The van der Waals surface area contributed by atoms with Gasteiger partial charge < -0.3 is 19.9 Å². The Bertz CT molecular complexity index is 273. The van der Waals surface area contributed by atoms with Gasteiger partial charge in [0.2, 0.25) is 0 Å². The second-order valence-electron chi connectivity index (χ2n) is 6.69. The number of hydrogen-bond acceptors (Lipinski definition) is 4. The molecule has 19 heavy (non-hydrogen) atoms. The summed E-state index contributed by atoms with van der Waals surface area (Å²) in [5.41, 5.74) is 0.430.